The Balaban J connectivity index is 1.47. The molecule has 0 radical (unpaired) electrons. The van der Waals surface area contributed by atoms with Crippen LogP contribution in [0.1, 0.15) is 38.2 Å². The molecule has 0 unspecified atom stereocenters. The highest BCUT2D eigenvalue weighted by molar-refractivity contribution is 7.16. The topological polar surface area (TPSA) is 75.2 Å². The molecule has 1 fully saturated rings. The lowest BCUT2D eigenvalue weighted by atomic mass is 10.0. The Morgan fingerprint density at radius 1 is 1.03 bits per heavy atom. The number of halogens is 3. The summed E-state index contributed by atoms with van der Waals surface area (Å²) in [5.41, 5.74) is 1.34. The number of aromatic amines is 1. The Bertz CT molecular complexity index is 1140. The average molecular weight is 423 g/mol. The van der Waals surface area contributed by atoms with Gasteiger partial charge in [0.1, 0.15) is 0 Å². The minimum Gasteiger partial charge on any atom is -0.338 e. The van der Waals surface area contributed by atoms with Crippen LogP contribution in [0, 0.1) is 0 Å². The Kier molecular flexibility index (Phi) is 4.81. The Labute approximate surface area is 166 Å². The highest BCUT2D eigenvalue weighted by atomic mass is 32.1. The van der Waals surface area contributed by atoms with E-state index in [1.165, 1.54) is 6.07 Å². The van der Waals surface area contributed by atoms with Crippen LogP contribution < -0.4 is 5.69 Å². The predicted octanol–water partition coefficient (Wildman–Crippen LogP) is 3.61. The summed E-state index contributed by atoms with van der Waals surface area (Å²) >= 11 is 0.552. The van der Waals surface area contributed by atoms with E-state index in [9.17, 15) is 27.6 Å². The van der Waals surface area contributed by atoms with Crippen molar-refractivity contribution in [1.82, 2.24) is 14.5 Å². The number of carbonyl (C=O) groups excluding carboxylic acids is 2. The number of carbonyl (C=O) groups is 2. The standard InChI is InChI=1S/C19H16F3N3O3S/c20-19(21,22)16(26)14-5-6-15(29-14)17(27)24-9-7-11(8-10-24)25-13-4-2-1-3-12(13)23-18(25)28/h1-6,11H,7-10H2,(H,23,28). The second-order valence-corrected chi connectivity index (χ2v) is 7.92. The molecule has 1 N–H and O–H groups in total. The average Bonchev–Trinajstić information content (AvgIpc) is 3.30. The second-order valence-electron chi connectivity index (χ2n) is 6.83. The predicted molar refractivity (Wildman–Crippen MR) is 101 cm³/mol. The first-order valence-electron chi connectivity index (χ1n) is 8.95. The van der Waals surface area contributed by atoms with Crippen molar-refractivity contribution in [2.45, 2.75) is 25.1 Å². The fourth-order valence-corrected chi connectivity index (χ4v) is 4.57. The lowest BCUT2D eigenvalue weighted by Crippen LogP contribution is -2.40. The number of para-hydroxylation sites is 2. The maximum atomic E-state index is 12.6. The van der Waals surface area contributed by atoms with Gasteiger partial charge in [-0.1, -0.05) is 12.1 Å². The largest absolute Gasteiger partial charge is 0.455 e. The quantitative estimate of drug-likeness (QED) is 0.654. The number of imidazole rings is 1. The van der Waals surface area contributed by atoms with Crippen LogP contribution in [-0.2, 0) is 0 Å². The van der Waals surface area contributed by atoms with Crippen molar-refractivity contribution in [3.8, 4) is 0 Å². The SMILES string of the molecule is O=C(c1ccc(C(=O)C(F)(F)F)s1)N1CCC(n2c(=O)[nH]c3ccccc32)CC1. The van der Waals surface area contributed by atoms with E-state index in [0.717, 1.165) is 17.1 Å². The lowest BCUT2D eigenvalue weighted by Gasteiger charge is -2.32. The van der Waals surface area contributed by atoms with Gasteiger partial charge in [-0.3, -0.25) is 14.2 Å². The van der Waals surface area contributed by atoms with Crippen LogP contribution in [0.25, 0.3) is 11.0 Å². The second kappa shape index (κ2) is 7.18. The van der Waals surface area contributed by atoms with Crippen LogP contribution in [-0.4, -0.2) is 45.4 Å². The molecule has 3 heterocycles. The fraction of sp³-hybridized carbons (Fsp3) is 0.316. The van der Waals surface area contributed by atoms with E-state index in [2.05, 4.69) is 4.98 Å². The van der Waals surface area contributed by atoms with Gasteiger partial charge in [-0.2, -0.15) is 13.2 Å². The molecule has 29 heavy (non-hydrogen) atoms. The number of H-pyrrole nitrogens is 1. The van der Waals surface area contributed by atoms with Crippen molar-refractivity contribution in [3.05, 3.63) is 56.6 Å². The third-order valence-corrected chi connectivity index (χ3v) is 6.11. The van der Waals surface area contributed by atoms with Crippen molar-refractivity contribution in [2.75, 3.05) is 13.1 Å². The van der Waals surface area contributed by atoms with Crippen LogP contribution >= 0.6 is 11.3 Å². The van der Waals surface area contributed by atoms with E-state index in [4.69, 9.17) is 0 Å². The molecule has 2 aromatic heterocycles. The lowest BCUT2D eigenvalue weighted by molar-refractivity contribution is -0.0882. The molecular formula is C19H16F3N3O3S. The summed E-state index contributed by atoms with van der Waals surface area (Å²) in [5.74, 6) is -2.35. The number of hydrogen-bond acceptors (Lipinski definition) is 4. The number of thiophene rings is 1. The van der Waals surface area contributed by atoms with E-state index in [1.807, 2.05) is 24.3 Å². The maximum Gasteiger partial charge on any atom is 0.455 e. The zero-order valence-corrected chi connectivity index (χ0v) is 15.8. The molecule has 0 aliphatic carbocycles. The third-order valence-electron chi connectivity index (χ3n) is 5.04. The molecule has 1 amide bonds. The summed E-state index contributed by atoms with van der Waals surface area (Å²) in [6, 6.07) is 9.57. The Morgan fingerprint density at radius 2 is 1.69 bits per heavy atom. The monoisotopic (exact) mass is 423 g/mol. The zero-order chi connectivity index (χ0) is 20.8. The number of piperidine rings is 1. The smallest absolute Gasteiger partial charge is 0.338 e. The summed E-state index contributed by atoms with van der Waals surface area (Å²) in [5, 5.41) is 0. The number of alkyl halides is 3. The first kappa shape index (κ1) is 19.4. The third kappa shape index (κ3) is 3.59. The summed E-state index contributed by atoms with van der Waals surface area (Å²) in [4.78, 5) is 40.2. The van der Waals surface area contributed by atoms with Crippen molar-refractivity contribution >= 4 is 34.1 Å². The van der Waals surface area contributed by atoms with Crippen LogP contribution in [0.3, 0.4) is 0 Å². The molecule has 1 aliphatic heterocycles. The van der Waals surface area contributed by atoms with Gasteiger partial charge in [0.2, 0.25) is 0 Å². The first-order valence-corrected chi connectivity index (χ1v) is 9.77. The van der Waals surface area contributed by atoms with E-state index < -0.39 is 22.7 Å². The Morgan fingerprint density at radius 3 is 2.38 bits per heavy atom. The van der Waals surface area contributed by atoms with Gasteiger partial charge < -0.3 is 9.88 Å². The Hall–Kier alpha value is -2.88. The van der Waals surface area contributed by atoms with Gasteiger partial charge in [0.15, 0.2) is 0 Å². The summed E-state index contributed by atoms with van der Waals surface area (Å²) in [7, 11) is 0. The van der Waals surface area contributed by atoms with E-state index in [1.54, 1.807) is 9.47 Å². The highest BCUT2D eigenvalue weighted by Gasteiger charge is 2.40. The minimum atomic E-state index is -4.96. The van der Waals surface area contributed by atoms with Gasteiger partial charge >= 0.3 is 11.9 Å². The summed E-state index contributed by atoms with van der Waals surface area (Å²) < 4.78 is 39.4. The molecular weight excluding hydrogens is 407 g/mol. The summed E-state index contributed by atoms with van der Waals surface area (Å²) in [6.07, 6.45) is -3.86. The number of benzene rings is 1. The first-order chi connectivity index (χ1) is 13.8. The van der Waals surface area contributed by atoms with Gasteiger partial charge in [0.05, 0.1) is 20.8 Å². The van der Waals surface area contributed by atoms with Crippen LogP contribution in [0.4, 0.5) is 13.2 Å². The van der Waals surface area contributed by atoms with E-state index in [0.29, 0.717) is 37.3 Å². The van der Waals surface area contributed by atoms with Gasteiger partial charge in [-0.05, 0) is 37.1 Å². The molecule has 0 spiro atoms. The number of nitrogens with one attached hydrogen (secondary N) is 1. The van der Waals surface area contributed by atoms with Crippen molar-refractivity contribution in [3.63, 3.8) is 0 Å². The van der Waals surface area contributed by atoms with Crippen LogP contribution in [0.2, 0.25) is 0 Å². The van der Waals surface area contributed by atoms with E-state index >= 15 is 0 Å². The van der Waals surface area contributed by atoms with Gasteiger partial charge in [-0.15, -0.1) is 11.3 Å². The normalized spacial score (nSPS) is 15.8. The molecule has 0 atom stereocenters. The number of likely N-dealkylation sites (tertiary alicyclic amines) is 1. The van der Waals surface area contributed by atoms with Gasteiger partial charge in [0, 0.05) is 19.1 Å². The molecule has 10 heteroatoms. The number of fused-ring (bicyclic) bond motifs is 1. The van der Waals surface area contributed by atoms with Crippen molar-refractivity contribution < 1.29 is 22.8 Å². The molecule has 1 aliphatic rings. The van der Waals surface area contributed by atoms with Crippen molar-refractivity contribution in [2.24, 2.45) is 0 Å². The minimum absolute atomic E-state index is 0.0756. The molecule has 0 bridgehead atoms. The van der Waals surface area contributed by atoms with Crippen molar-refractivity contribution in [1.29, 1.82) is 0 Å². The molecule has 1 aromatic carbocycles. The number of amides is 1. The molecule has 0 saturated carbocycles. The number of ketones is 1. The maximum absolute atomic E-state index is 12.6. The summed E-state index contributed by atoms with van der Waals surface area (Å²) in [6.45, 7) is 0.742. The van der Waals surface area contributed by atoms with Gasteiger partial charge in [-0.25, -0.2) is 4.79 Å². The number of rotatable bonds is 3. The molecule has 4 rings (SSSR count). The number of hydrogen-bond donors (Lipinski definition) is 1. The van der Waals surface area contributed by atoms with E-state index in [-0.39, 0.29) is 16.6 Å². The number of nitrogens with zero attached hydrogens (tertiary/aromatic N) is 2. The molecule has 3 aromatic rings. The molecule has 1 saturated heterocycles. The number of aromatic nitrogens is 2. The fourth-order valence-electron chi connectivity index (χ4n) is 3.63. The zero-order valence-electron chi connectivity index (χ0n) is 15.0. The van der Waals surface area contributed by atoms with Crippen LogP contribution in [0.15, 0.2) is 41.2 Å². The molecule has 6 nitrogen and oxygen atoms in total. The number of Topliss-reactive ketones (excluding diaryl/α,β-unsaturated/α-hetero) is 1. The van der Waals surface area contributed by atoms with Crippen LogP contribution in [0.5, 0.6) is 0 Å². The molecule has 152 valence electrons. The van der Waals surface area contributed by atoms with Gasteiger partial charge in [0.25, 0.3) is 11.7 Å². The highest BCUT2D eigenvalue weighted by Crippen LogP contribution is 2.29.